The average Bonchev–Trinajstić information content (AvgIpc) is 2.32. The highest BCUT2D eigenvalue weighted by atomic mass is 35.5. The molecular formula is C13H15Cl2NO3. The Labute approximate surface area is 122 Å². The van der Waals surface area contributed by atoms with E-state index in [-0.39, 0.29) is 11.7 Å². The zero-order valence-electron chi connectivity index (χ0n) is 10.7. The van der Waals surface area contributed by atoms with E-state index in [1.165, 1.54) is 6.92 Å². The molecule has 1 amide bonds. The number of nitrogens with one attached hydrogen (secondary N) is 1. The van der Waals surface area contributed by atoms with Crippen LogP contribution in [-0.4, -0.2) is 24.3 Å². The molecule has 104 valence electrons. The van der Waals surface area contributed by atoms with Gasteiger partial charge < -0.3 is 10.1 Å². The van der Waals surface area contributed by atoms with Crippen molar-refractivity contribution in [2.75, 3.05) is 6.54 Å². The number of carbonyl (C=O) groups excluding carboxylic acids is 2. The molecule has 0 aliphatic rings. The van der Waals surface area contributed by atoms with Crippen molar-refractivity contribution in [1.82, 2.24) is 5.32 Å². The lowest BCUT2D eigenvalue weighted by atomic mass is 10.3. The van der Waals surface area contributed by atoms with Crippen molar-refractivity contribution in [3.8, 4) is 5.75 Å². The topological polar surface area (TPSA) is 55.4 Å². The molecule has 19 heavy (non-hydrogen) atoms. The molecule has 0 bridgehead atoms. The van der Waals surface area contributed by atoms with Crippen LogP contribution in [0.2, 0.25) is 10.0 Å². The van der Waals surface area contributed by atoms with Gasteiger partial charge in [-0.3, -0.25) is 9.59 Å². The minimum absolute atomic E-state index is 0.0228. The molecule has 4 nitrogen and oxygen atoms in total. The Kier molecular flexibility index (Phi) is 6.12. The van der Waals surface area contributed by atoms with E-state index < -0.39 is 6.10 Å². The zero-order chi connectivity index (χ0) is 14.4. The molecule has 1 rings (SSSR count). The maximum atomic E-state index is 11.7. The summed E-state index contributed by atoms with van der Waals surface area (Å²) in [6.45, 7) is 3.38. The quantitative estimate of drug-likeness (QED) is 0.879. The van der Waals surface area contributed by atoms with Crippen LogP contribution in [0, 0.1) is 0 Å². The largest absolute Gasteiger partial charge is 0.479 e. The molecule has 1 aromatic carbocycles. The van der Waals surface area contributed by atoms with Gasteiger partial charge in [0.15, 0.2) is 6.10 Å². The fourth-order valence-corrected chi connectivity index (χ4v) is 1.77. The predicted molar refractivity (Wildman–Crippen MR) is 74.9 cm³/mol. The van der Waals surface area contributed by atoms with Crippen molar-refractivity contribution in [2.24, 2.45) is 0 Å². The SMILES string of the molecule is CC(=O)CCNC(=O)C(C)Oc1ccc(Cl)cc1Cl. The van der Waals surface area contributed by atoms with Gasteiger partial charge in [-0.05, 0) is 32.0 Å². The molecule has 0 aliphatic carbocycles. The lowest BCUT2D eigenvalue weighted by molar-refractivity contribution is -0.127. The number of hydrogen-bond donors (Lipinski definition) is 1. The van der Waals surface area contributed by atoms with Gasteiger partial charge in [0.2, 0.25) is 0 Å². The normalized spacial score (nSPS) is 11.8. The maximum Gasteiger partial charge on any atom is 0.260 e. The van der Waals surface area contributed by atoms with Crippen LogP contribution in [0.1, 0.15) is 20.3 Å². The number of hydrogen-bond acceptors (Lipinski definition) is 3. The average molecular weight is 304 g/mol. The first-order chi connectivity index (χ1) is 8.90. The summed E-state index contributed by atoms with van der Waals surface area (Å²) in [4.78, 5) is 22.4. The van der Waals surface area contributed by atoms with Gasteiger partial charge in [0.1, 0.15) is 11.5 Å². The Morgan fingerprint density at radius 2 is 2.05 bits per heavy atom. The summed E-state index contributed by atoms with van der Waals surface area (Å²) < 4.78 is 5.43. The fraction of sp³-hybridized carbons (Fsp3) is 0.385. The van der Waals surface area contributed by atoms with E-state index in [9.17, 15) is 9.59 Å². The van der Waals surface area contributed by atoms with E-state index in [0.29, 0.717) is 28.8 Å². The molecular weight excluding hydrogens is 289 g/mol. The van der Waals surface area contributed by atoms with Crippen LogP contribution in [0.25, 0.3) is 0 Å². The Balaban J connectivity index is 2.51. The van der Waals surface area contributed by atoms with Gasteiger partial charge in [-0.25, -0.2) is 0 Å². The second-order valence-corrected chi connectivity index (χ2v) is 4.92. The van der Waals surface area contributed by atoms with Gasteiger partial charge in [0.25, 0.3) is 5.91 Å². The summed E-state index contributed by atoms with van der Waals surface area (Å²) in [5.41, 5.74) is 0. The molecule has 6 heteroatoms. The molecule has 1 N–H and O–H groups in total. The highest BCUT2D eigenvalue weighted by molar-refractivity contribution is 6.35. The van der Waals surface area contributed by atoms with E-state index in [2.05, 4.69) is 5.32 Å². The van der Waals surface area contributed by atoms with Gasteiger partial charge in [-0.2, -0.15) is 0 Å². The lowest BCUT2D eigenvalue weighted by Gasteiger charge is -2.15. The smallest absolute Gasteiger partial charge is 0.260 e. The highest BCUT2D eigenvalue weighted by Gasteiger charge is 2.15. The molecule has 0 saturated carbocycles. The van der Waals surface area contributed by atoms with Crippen LogP contribution in [0.15, 0.2) is 18.2 Å². The summed E-state index contributed by atoms with van der Waals surface area (Å²) in [5, 5.41) is 3.45. The first-order valence-corrected chi connectivity index (χ1v) is 6.54. The van der Waals surface area contributed by atoms with Crippen LogP contribution >= 0.6 is 23.2 Å². The fourth-order valence-electron chi connectivity index (χ4n) is 1.32. The number of ether oxygens (including phenoxy) is 1. The number of benzene rings is 1. The summed E-state index contributed by atoms with van der Waals surface area (Å²) in [5.74, 6) is 0.113. The molecule has 0 spiro atoms. The molecule has 0 radical (unpaired) electrons. The van der Waals surface area contributed by atoms with Gasteiger partial charge in [-0.15, -0.1) is 0 Å². The summed E-state index contributed by atoms with van der Waals surface area (Å²) in [6, 6.07) is 4.77. The third-order valence-corrected chi connectivity index (χ3v) is 2.87. The summed E-state index contributed by atoms with van der Waals surface area (Å²) >= 11 is 11.7. The van der Waals surface area contributed by atoms with Crippen molar-refractivity contribution in [3.63, 3.8) is 0 Å². The molecule has 1 unspecified atom stereocenters. The van der Waals surface area contributed by atoms with Crippen molar-refractivity contribution in [3.05, 3.63) is 28.2 Å². The third-order valence-electron chi connectivity index (χ3n) is 2.34. The second kappa shape index (κ2) is 7.36. The Morgan fingerprint density at radius 1 is 1.37 bits per heavy atom. The van der Waals surface area contributed by atoms with Crippen LogP contribution in [0.5, 0.6) is 5.75 Å². The predicted octanol–water partition coefficient (Wildman–Crippen LogP) is 2.86. The molecule has 0 aliphatic heterocycles. The minimum Gasteiger partial charge on any atom is -0.479 e. The number of carbonyl (C=O) groups is 2. The van der Waals surface area contributed by atoms with Crippen molar-refractivity contribution < 1.29 is 14.3 Å². The van der Waals surface area contributed by atoms with Gasteiger partial charge >= 0.3 is 0 Å². The van der Waals surface area contributed by atoms with E-state index in [1.54, 1.807) is 25.1 Å². The molecule has 0 aromatic heterocycles. The van der Waals surface area contributed by atoms with Crippen LogP contribution in [0.3, 0.4) is 0 Å². The van der Waals surface area contributed by atoms with Crippen molar-refractivity contribution in [2.45, 2.75) is 26.4 Å². The van der Waals surface area contributed by atoms with E-state index in [1.807, 2.05) is 0 Å². The highest BCUT2D eigenvalue weighted by Crippen LogP contribution is 2.28. The number of rotatable bonds is 6. The third kappa shape index (κ3) is 5.49. The van der Waals surface area contributed by atoms with Gasteiger partial charge in [-0.1, -0.05) is 23.2 Å². The monoisotopic (exact) mass is 303 g/mol. The Bertz CT molecular complexity index is 477. The summed E-state index contributed by atoms with van der Waals surface area (Å²) in [7, 11) is 0. The Morgan fingerprint density at radius 3 is 2.63 bits per heavy atom. The summed E-state index contributed by atoms with van der Waals surface area (Å²) in [6.07, 6.45) is -0.397. The minimum atomic E-state index is -0.703. The van der Waals surface area contributed by atoms with Gasteiger partial charge in [0.05, 0.1) is 5.02 Å². The van der Waals surface area contributed by atoms with E-state index in [4.69, 9.17) is 27.9 Å². The van der Waals surface area contributed by atoms with Crippen LogP contribution < -0.4 is 10.1 Å². The number of amides is 1. The lowest BCUT2D eigenvalue weighted by Crippen LogP contribution is -2.37. The van der Waals surface area contributed by atoms with E-state index in [0.717, 1.165) is 0 Å². The second-order valence-electron chi connectivity index (χ2n) is 4.08. The maximum absolute atomic E-state index is 11.7. The first kappa shape index (κ1) is 15.8. The molecule has 0 saturated heterocycles. The zero-order valence-corrected chi connectivity index (χ0v) is 12.2. The van der Waals surface area contributed by atoms with Crippen LogP contribution in [-0.2, 0) is 9.59 Å². The number of Topliss-reactive ketones (excluding diaryl/α,β-unsaturated/α-hetero) is 1. The Hall–Kier alpha value is -1.26. The number of halogens is 2. The molecule has 1 aromatic rings. The van der Waals surface area contributed by atoms with Crippen LogP contribution in [0.4, 0.5) is 0 Å². The number of ketones is 1. The molecule has 0 fully saturated rings. The molecule has 1 atom stereocenters. The van der Waals surface area contributed by atoms with E-state index >= 15 is 0 Å². The molecule has 0 heterocycles. The first-order valence-electron chi connectivity index (χ1n) is 5.79. The van der Waals surface area contributed by atoms with Gasteiger partial charge in [0, 0.05) is 18.0 Å². The standard InChI is InChI=1S/C13H15Cl2NO3/c1-8(17)5-6-16-13(18)9(2)19-12-4-3-10(14)7-11(12)15/h3-4,7,9H,5-6H2,1-2H3,(H,16,18). The van der Waals surface area contributed by atoms with Crippen molar-refractivity contribution >= 4 is 34.9 Å². The van der Waals surface area contributed by atoms with Crippen molar-refractivity contribution in [1.29, 1.82) is 0 Å².